The van der Waals surface area contributed by atoms with Crippen LogP contribution in [0.1, 0.15) is 23.4 Å². The first kappa shape index (κ1) is 10.6. The first-order chi connectivity index (χ1) is 6.36. The van der Waals surface area contributed by atoms with Crippen LogP contribution in [0.4, 0.5) is 0 Å². The summed E-state index contributed by atoms with van der Waals surface area (Å²) >= 11 is 1.56. The van der Waals surface area contributed by atoms with Crippen LogP contribution < -0.4 is 5.73 Å². The molecule has 0 radical (unpaired) electrons. The molecule has 1 aromatic heterocycles. The summed E-state index contributed by atoms with van der Waals surface area (Å²) in [4.78, 5) is 0. The summed E-state index contributed by atoms with van der Waals surface area (Å²) in [6, 6.07) is 0. The Balaban J connectivity index is 2.20. The van der Waals surface area contributed by atoms with Gasteiger partial charge in [0.25, 0.3) is 0 Å². The minimum absolute atomic E-state index is 0.480. The molecule has 0 aliphatic rings. The lowest BCUT2D eigenvalue weighted by Crippen LogP contribution is -1.98. The van der Waals surface area contributed by atoms with Gasteiger partial charge in [0.05, 0.1) is 6.61 Å². The zero-order valence-corrected chi connectivity index (χ0v) is 8.64. The molecule has 0 saturated carbocycles. The minimum Gasteiger partial charge on any atom is -0.381 e. The number of aromatic nitrogens is 2. The minimum atomic E-state index is 0.480. The molecule has 1 rings (SSSR count). The molecule has 2 N–H and O–H groups in total. The van der Waals surface area contributed by atoms with E-state index in [1.807, 2.05) is 0 Å². The van der Waals surface area contributed by atoms with Crippen LogP contribution in [-0.4, -0.2) is 23.4 Å². The van der Waals surface area contributed by atoms with Gasteiger partial charge in [0.2, 0.25) is 0 Å². The lowest BCUT2D eigenvalue weighted by Gasteiger charge is -1.98. The molecule has 0 bridgehead atoms. The molecule has 13 heavy (non-hydrogen) atoms. The highest BCUT2D eigenvalue weighted by atomic mass is 32.1. The van der Waals surface area contributed by atoms with Crippen molar-refractivity contribution in [2.45, 2.75) is 26.3 Å². The highest BCUT2D eigenvalue weighted by molar-refractivity contribution is 7.11. The first-order valence-corrected chi connectivity index (χ1v) is 5.27. The van der Waals surface area contributed by atoms with Crippen molar-refractivity contribution in [2.24, 2.45) is 5.73 Å². The monoisotopic (exact) mass is 201 g/mol. The molecule has 74 valence electrons. The van der Waals surface area contributed by atoms with E-state index >= 15 is 0 Å². The summed E-state index contributed by atoms with van der Waals surface area (Å²) in [6.07, 6.45) is 1.90. The molecule has 1 heterocycles. The van der Waals surface area contributed by atoms with Crippen LogP contribution in [0, 0.1) is 0 Å². The molecule has 0 unspecified atom stereocenters. The Morgan fingerprint density at radius 1 is 1.31 bits per heavy atom. The molecule has 5 heteroatoms. The van der Waals surface area contributed by atoms with E-state index in [0.29, 0.717) is 6.54 Å². The predicted molar refractivity (Wildman–Crippen MR) is 52.6 cm³/mol. The number of hydrogen-bond acceptors (Lipinski definition) is 5. The van der Waals surface area contributed by atoms with Crippen LogP contribution in [0.3, 0.4) is 0 Å². The summed E-state index contributed by atoms with van der Waals surface area (Å²) in [5.74, 6) is 0. The summed E-state index contributed by atoms with van der Waals surface area (Å²) in [7, 11) is 0. The SMILES string of the molecule is CCCOCCc1nnc(CN)s1. The summed E-state index contributed by atoms with van der Waals surface area (Å²) in [5.41, 5.74) is 5.42. The third kappa shape index (κ3) is 3.80. The van der Waals surface area contributed by atoms with Crippen molar-refractivity contribution in [2.75, 3.05) is 13.2 Å². The van der Waals surface area contributed by atoms with E-state index in [1.54, 1.807) is 11.3 Å². The molecule has 0 aliphatic heterocycles. The highest BCUT2D eigenvalue weighted by Gasteiger charge is 2.01. The van der Waals surface area contributed by atoms with Gasteiger partial charge in [-0.2, -0.15) is 0 Å². The van der Waals surface area contributed by atoms with Crippen molar-refractivity contribution in [3.63, 3.8) is 0 Å². The zero-order valence-electron chi connectivity index (χ0n) is 7.82. The third-order valence-electron chi connectivity index (χ3n) is 1.49. The van der Waals surface area contributed by atoms with Gasteiger partial charge in [-0.15, -0.1) is 21.5 Å². The van der Waals surface area contributed by atoms with Gasteiger partial charge in [-0.3, -0.25) is 0 Å². The molecular weight excluding hydrogens is 186 g/mol. The quantitative estimate of drug-likeness (QED) is 0.697. The van der Waals surface area contributed by atoms with Crippen molar-refractivity contribution in [3.8, 4) is 0 Å². The zero-order chi connectivity index (χ0) is 9.52. The third-order valence-corrected chi connectivity index (χ3v) is 2.50. The van der Waals surface area contributed by atoms with Gasteiger partial charge < -0.3 is 10.5 Å². The standard InChI is InChI=1S/C8H15N3OS/c1-2-4-12-5-3-7-10-11-8(6-9)13-7/h2-6,9H2,1H3. The van der Waals surface area contributed by atoms with Crippen LogP contribution >= 0.6 is 11.3 Å². The molecular formula is C8H15N3OS. The van der Waals surface area contributed by atoms with Crippen LogP contribution in [0.5, 0.6) is 0 Å². The van der Waals surface area contributed by atoms with Gasteiger partial charge in [-0.25, -0.2) is 0 Å². The molecule has 0 saturated heterocycles. The largest absolute Gasteiger partial charge is 0.381 e. The van der Waals surface area contributed by atoms with Gasteiger partial charge in [0, 0.05) is 19.6 Å². The fourth-order valence-electron chi connectivity index (χ4n) is 0.878. The Labute approximate surface area is 82.1 Å². The number of ether oxygens (including phenoxy) is 1. The van der Waals surface area contributed by atoms with Gasteiger partial charge in [-0.1, -0.05) is 6.92 Å². The second-order valence-corrected chi connectivity index (χ2v) is 3.80. The maximum atomic E-state index is 5.42. The van der Waals surface area contributed by atoms with E-state index in [0.717, 1.165) is 36.1 Å². The number of nitrogens with two attached hydrogens (primary N) is 1. The fraction of sp³-hybridized carbons (Fsp3) is 0.750. The Kier molecular flexibility index (Phi) is 4.88. The van der Waals surface area contributed by atoms with E-state index in [1.165, 1.54) is 0 Å². The predicted octanol–water partition coefficient (Wildman–Crippen LogP) is 0.966. The molecule has 4 nitrogen and oxygen atoms in total. The molecule has 1 aromatic rings. The maximum Gasteiger partial charge on any atom is 0.131 e. The lowest BCUT2D eigenvalue weighted by atomic mass is 10.5. The summed E-state index contributed by atoms with van der Waals surface area (Å²) in [6.45, 7) is 4.13. The maximum absolute atomic E-state index is 5.42. The van der Waals surface area contributed by atoms with Gasteiger partial charge in [0.1, 0.15) is 10.0 Å². The average molecular weight is 201 g/mol. The molecule has 0 amide bonds. The van der Waals surface area contributed by atoms with E-state index < -0.39 is 0 Å². The van der Waals surface area contributed by atoms with Crippen LogP contribution in [0.25, 0.3) is 0 Å². The van der Waals surface area contributed by atoms with Crippen molar-refractivity contribution in [3.05, 3.63) is 10.0 Å². The van der Waals surface area contributed by atoms with E-state index in [2.05, 4.69) is 17.1 Å². The van der Waals surface area contributed by atoms with Crippen molar-refractivity contribution >= 4 is 11.3 Å². The molecule has 0 atom stereocenters. The van der Waals surface area contributed by atoms with Crippen LogP contribution in [0.2, 0.25) is 0 Å². The highest BCUT2D eigenvalue weighted by Crippen LogP contribution is 2.09. The lowest BCUT2D eigenvalue weighted by molar-refractivity contribution is 0.138. The first-order valence-electron chi connectivity index (χ1n) is 4.46. The van der Waals surface area contributed by atoms with Crippen LogP contribution in [0.15, 0.2) is 0 Å². The van der Waals surface area contributed by atoms with Crippen molar-refractivity contribution in [1.82, 2.24) is 10.2 Å². The summed E-state index contributed by atoms with van der Waals surface area (Å²) < 4.78 is 5.34. The normalized spacial score (nSPS) is 10.6. The second-order valence-electron chi connectivity index (χ2n) is 2.66. The molecule has 0 aliphatic carbocycles. The Bertz CT molecular complexity index is 239. The molecule has 0 fully saturated rings. The fourth-order valence-corrected chi connectivity index (χ4v) is 1.58. The van der Waals surface area contributed by atoms with E-state index in [4.69, 9.17) is 10.5 Å². The molecule has 0 spiro atoms. The number of nitrogens with zero attached hydrogens (tertiary/aromatic N) is 2. The Morgan fingerprint density at radius 3 is 2.69 bits per heavy atom. The van der Waals surface area contributed by atoms with Gasteiger partial charge in [0.15, 0.2) is 0 Å². The summed E-state index contributed by atoms with van der Waals surface area (Å²) in [5, 5.41) is 9.82. The number of rotatable bonds is 6. The second kappa shape index (κ2) is 6.01. The Morgan fingerprint density at radius 2 is 2.08 bits per heavy atom. The van der Waals surface area contributed by atoms with E-state index in [9.17, 15) is 0 Å². The van der Waals surface area contributed by atoms with Crippen LogP contribution in [-0.2, 0) is 17.7 Å². The van der Waals surface area contributed by atoms with Gasteiger partial charge >= 0.3 is 0 Å². The molecule has 0 aromatic carbocycles. The van der Waals surface area contributed by atoms with Crippen molar-refractivity contribution < 1.29 is 4.74 Å². The van der Waals surface area contributed by atoms with E-state index in [-0.39, 0.29) is 0 Å². The topological polar surface area (TPSA) is 61.0 Å². The number of hydrogen-bond donors (Lipinski definition) is 1. The Hall–Kier alpha value is -0.520. The van der Waals surface area contributed by atoms with Gasteiger partial charge in [-0.05, 0) is 6.42 Å². The van der Waals surface area contributed by atoms with Crippen molar-refractivity contribution in [1.29, 1.82) is 0 Å². The average Bonchev–Trinajstić information content (AvgIpc) is 2.60. The smallest absolute Gasteiger partial charge is 0.131 e.